The molecule has 1 saturated heterocycles. The van der Waals surface area contributed by atoms with E-state index in [1.165, 1.54) is 0 Å². The average Bonchev–Trinajstić information content (AvgIpc) is 2.52. The number of ether oxygens (including phenoxy) is 1. The van der Waals surface area contributed by atoms with Gasteiger partial charge >= 0.3 is 0 Å². The van der Waals surface area contributed by atoms with Crippen LogP contribution in [0.2, 0.25) is 0 Å². The van der Waals surface area contributed by atoms with Crippen LogP contribution < -0.4 is 16.6 Å². The van der Waals surface area contributed by atoms with E-state index in [1.54, 1.807) is 18.3 Å². The topological polar surface area (TPSA) is 92.5 Å². The van der Waals surface area contributed by atoms with E-state index in [1.807, 2.05) is 0 Å². The molecule has 0 bridgehead atoms. The maximum atomic E-state index is 11.4. The third-order valence-corrected chi connectivity index (χ3v) is 3.21. The second-order valence-corrected chi connectivity index (χ2v) is 4.64. The highest BCUT2D eigenvalue weighted by Crippen LogP contribution is 2.07. The number of nitrogens with zero attached hydrogens (tertiary/aromatic N) is 2. The summed E-state index contributed by atoms with van der Waals surface area (Å²) < 4.78 is 5.31. The van der Waals surface area contributed by atoms with E-state index in [0.29, 0.717) is 11.4 Å². The number of rotatable bonds is 6. The molecule has 1 aromatic heterocycles. The van der Waals surface area contributed by atoms with E-state index in [-0.39, 0.29) is 5.91 Å². The lowest BCUT2D eigenvalue weighted by Crippen LogP contribution is -2.37. The van der Waals surface area contributed by atoms with Crippen molar-refractivity contribution in [1.29, 1.82) is 0 Å². The van der Waals surface area contributed by atoms with Crippen LogP contribution in [0.3, 0.4) is 0 Å². The molecule has 0 spiro atoms. The van der Waals surface area contributed by atoms with Crippen LogP contribution in [-0.2, 0) is 4.74 Å². The van der Waals surface area contributed by atoms with Gasteiger partial charge in [0.1, 0.15) is 5.82 Å². The van der Waals surface area contributed by atoms with Gasteiger partial charge in [0.15, 0.2) is 0 Å². The Morgan fingerprint density at radius 1 is 1.45 bits per heavy atom. The summed E-state index contributed by atoms with van der Waals surface area (Å²) in [5.74, 6) is 5.47. The fraction of sp³-hybridized carbons (Fsp3) is 0.538. The van der Waals surface area contributed by atoms with Gasteiger partial charge in [-0.15, -0.1) is 0 Å². The number of hydrogen-bond donors (Lipinski definition) is 3. The Labute approximate surface area is 118 Å². The molecule has 2 heterocycles. The molecule has 1 amide bonds. The Hall–Kier alpha value is -1.70. The number of nitrogens with two attached hydrogens (primary N) is 1. The first-order valence-corrected chi connectivity index (χ1v) is 6.80. The third kappa shape index (κ3) is 4.44. The molecular formula is C13H21N5O2. The zero-order valence-electron chi connectivity index (χ0n) is 11.5. The smallest absolute Gasteiger partial charge is 0.265 e. The lowest BCUT2D eigenvalue weighted by atomic mass is 10.2. The van der Waals surface area contributed by atoms with Gasteiger partial charge in [-0.3, -0.25) is 15.1 Å². The monoisotopic (exact) mass is 279 g/mol. The molecule has 0 aliphatic carbocycles. The molecule has 0 aromatic carbocycles. The number of hydrazine groups is 1. The van der Waals surface area contributed by atoms with Crippen molar-refractivity contribution < 1.29 is 9.53 Å². The molecular weight excluding hydrogens is 258 g/mol. The predicted molar refractivity (Wildman–Crippen MR) is 76.3 cm³/mol. The van der Waals surface area contributed by atoms with Crippen molar-refractivity contribution >= 4 is 11.7 Å². The number of morpholine rings is 1. The van der Waals surface area contributed by atoms with Crippen LogP contribution in [-0.4, -0.2) is 55.2 Å². The van der Waals surface area contributed by atoms with Gasteiger partial charge in [0.2, 0.25) is 0 Å². The lowest BCUT2D eigenvalue weighted by molar-refractivity contribution is 0.0378. The average molecular weight is 279 g/mol. The van der Waals surface area contributed by atoms with Crippen molar-refractivity contribution in [3.8, 4) is 0 Å². The Kier molecular flexibility index (Phi) is 5.72. The highest BCUT2D eigenvalue weighted by Gasteiger charge is 2.09. The Morgan fingerprint density at radius 3 is 3.00 bits per heavy atom. The molecule has 7 nitrogen and oxygen atoms in total. The molecule has 110 valence electrons. The van der Waals surface area contributed by atoms with Gasteiger partial charge in [-0.1, -0.05) is 0 Å². The van der Waals surface area contributed by atoms with E-state index >= 15 is 0 Å². The molecule has 1 fully saturated rings. The van der Waals surface area contributed by atoms with Crippen LogP contribution in [0.25, 0.3) is 0 Å². The lowest BCUT2D eigenvalue weighted by Gasteiger charge is -2.26. The summed E-state index contributed by atoms with van der Waals surface area (Å²) in [4.78, 5) is 18.0. The normalized spacial score (nSPS) is 15.8. The van der Waals surface area contributed by atoms with E-state index in [0.717, 1.165) is 45.8 Å². The third-order valence-electron chi connectivity index (χ3n) is 3.21. The minimum atomic E-state index is -0.316. The van der Waals surface area contributed by atoms with Gasteiger partial charge in [-0.05, 0) is 25.1 Å². The largest absolute Gasteiger partial charge is 0.379 e. The van der Waals surface area contributed by atoms with Gasteiger partial charge in [0.25, 0.3) is 5.91 Å². The Morgan fingerprint density at radius 2 is 2.25 bits per heavy atom. The van der Waals surface area contributed by atoms with Crippen molar-refractivity contribution in [3.05, 3.63) is 23.9 Å². The van der Waals surface area contributed by atoms with Crippen LogP contribution >= 0.6 is 0 Å². The summed E-state index contributed by atoms with van der Waals surface area (Å²) in [7, 11) is 0. The van der Waals surface area contributed by atoms with Gasteiger partial charge < -0.3 is 10.1 Å². The zero-order chi connectivity index (χ0) is 14.2. The first-order valence-electron chi connectivity index (χ1n) is 6.80. The van der Waals surface area contributed by atoms with Crippen LogP contribution in [0, 0.1) is 0 Å². The van der Waals surface area contributed by atoms with E-state index < -0.39 is 0 Å². The zero-order valence-corrected chi connectivity index (χ0v) is 11.5. The van der Waals surface area contributed by atoms with Gasteiger partial charge in [-0.25, -0.2) is 10.8 Å². The molecule has 1 aliphatic heterocycles. The molecule has 7 heteroatoms. The summed E-state index contributed by atoms with van der Waals surface area (Å²) in [5.41, 5.74) is 2.60. The summed E-state index contributed by atoms with van der Waals surface area (Å²) in [6.07, 6.45) is 2.61. The van der Waals surface area contributed by atoms with Crippen LogP contribution in [0.4, 0.5) is 5.82 Å². The molecule has 2 rings (SSSR count). The predicted octanol–water partition coefficient (Wildman–Crippen LogP) is -0.181. The van der Waals surface area contributed by atoms with E-state index in [2.05, 4.69) is 20.6 Å². The molecule has 1 aliphatic rings. The second-order valence-electron chi connectivity index (χ2n) is 4.64. The van der Waals surface area contributed by atoms with Crippen molar-refractivity contribution in [2.75, 3.05) is 44.7 Å². The summed E-state index contributed by atoms with van der Waals surface area (Å²) in [6.45, 7) is 5.52. The minimum Gasteiger partial charge on any atom is -0.379 e. The Bertz CT molecular complexity index is 435. The number of nitrogen functional groups attached to an aromatic ring is 1. The number of carbonyl (C=O) groups is 1. The standard InChI is InChI=1S/C13H21N5O2/c14-17-13(19)11-2-4-16-12(10-11)15-3-1-5-18-6-8-20-9-7-18/h2,4,10H,1,3,5-9,14H2,(H,15,16)(H,17,19). The van der Waals surface area contributed by atoms with Crippen molar-refractivity contribution in [2.45, 2.75) is 6.42 Å². The first kappa shape index (κ1) is 14.7. The SMILES string of the molecule is NNC(=O)c1ccnc(NCCCN2CCOCC2)c1. The highest BCUT2D eigenvalue weighted by atomic mass is 16.5. The number of anilines is 1. The molecule has 1 aromatic rings. The van der Waals surface area contributed by atoms with Gasteiger partial charge in [0, 0.05) is 31.4 Å². The highest BCUT2D eigenvalue weighted by molar-refractivity contribution is 5.94. The van der Waals surface area contributed by atoms with Crippen molar-refractivity contribution in [3.63, 3.8) is 0 Å². The maximum Gasteiger partial charge on any atom is 0.265 e. The number of carbonyl (C=O) groups excluding carboxylic acids is 1. The fourth-order valence-corrected chi connectivity index (χ4v) is 2.10. The summed E-state index contributed by atoms with van der Waals surface area (Å²) >= 11 is 0. The molecule has 0 saturated carbocycles. The van der Waals surface area contributed by atoms with E-state index in [9.17, 15) is 4.79 Å². The molecule has 0 atom stereocenters. The van der Waals surface area contributed by atoms with Crippen LogP contribution in [0.5, 0.6) is 0 Å². The first-order chi connectivity index (χ1) is 9.79. The Balaban J connectivity index is 1.72. The number of hydrogen-bond acceptors (Lipinski definition) is 6. The summed E-state index contributed by atoms with van der Waals surface area (Å²) in [6, 6.07) is 3.32. The second kappa shape index (κ2) is 7.78. The molecule has 0 radical (unpaired) electrons. The number of aromatic nitrogens is 1. The number of pyridine rings is 1. The van der Waals surface area contributed by atoms with Crippen molar-refractivity contribution in [2.24, 2.45) is 5.84 Å². The van der Waals surface area contributed by atoms with Gasteiger partial charge in [-0.2, -0.15) is 0 Å². The fourth-order valence-electron chi connectivity index (χ4n) is 2.10. The van der Waals surface area contributed by atoms with Crippen LogP contribution in [0.1, 0.15) is 16.8 Å². The van der Waals surface area contributed by atoms with E-state index in [4.69, 9.17) is 10.6 Å². The van der Waals surface area contributed by atoms with Crippen molar-refractivity contribution in [1.82, 2.24) is 15.3 Å². The minimum absolute atomic E-state index is 0.316. The number of amides is 1. The quantitative estimate of drug-likeness (QED) is 0.289. The maximum absolute atomic E-state index is 11.4. The molecule has 0 unspecified atom stereocenters. The van der Waals surface area contributed by atoms with Gasteiger partial charge in [0.05, 0.1) is 13.2 Å². The van der Waals surface area contributed by atoms with Crippen LogP contribution in [0.15, 0.2) is 18.3 Å². The molecule has 20 heavy (non-hydrogen) atoms. The number of nitrogens with one attached hydrogen (secondary N) is 2. The molecule has 4 N–H and O–H groups in total. The summed E-state index contributed by atoms with van der Waals surface area (Å²) in [5, 5.41) is 3.21.